The maximum Gasteiger partial charge on any atom is 0.218 e. The highest BCUT2D eigenvalue weighted by Crippen LogP contribution is 2.19. The number of rotatable bonds is 8. The van der Waals surface area contributed by atoms with E-state index in [1.54, 1.807) is 13.0 Å². The monoisotopic (exact) mass is 246 g/mol. The fraction of sp³-hybridized carbons (Fsp3) is 0.818. The second-order valence-corrected chi connectivity index (χ2v) is 6.63. The lowest BCUT2D eigenvalue weighted by Crippen LogP contribution is -2.42. The van der Waals surface area contributed by atoms with Crippen LogP contribution in [0.4, 0.5) is 0 Å². The Morgan fingerprint density at radius 1 is 1.56 bits per heavy atom. The van der Waals surface area contributed by atoms with Crippen LogP contribution in [-0.4, -0.2) is 43.6 Å². The van der Waals surface area contributed by atoms with Gasteiger partial charge in [0.15, 0.2) is 0 Å². The summed E-state index contributed by atoms with van der Waals surface area (Å²) in [5.74, 6) is 0. The van der Waals surface area contributed by atoms with Gasteiger partial charge in [0.2, 0.25) is 10.0 Å². The molecule has 0 aromatic carbocycles. The van der Waals surface area contributed by atoms with Crippen molar-refractivity contribution in [1.29, 1.82) is 0 Å². The van der Waals surface area contributed by atoms with Gasteiger partial charge in [0, 0.05) is 25.7 Å². The molecule has 5 heteroatoms. The minimum absolute atomic E-state index is 0.368. The molecule has 0 spiro atoms. The second kappa shape index (κ2) is 5.80. The average Bonchev–Trinajstić information content (AvgIpc) is 3.05. The number of sulfonamides is 1. The van der Waals surface area contributed by atoms with Gasteiger partial charge in [0.1, 0.15) is 0 Å². The van der Waals surface area contributed by atoms with E-state index in [0.717, 1.165) is 0 Å². The van der Waals surface area contributed by atoms with E-state index in [1.807, 2.05) is 6.92 Å². The van der Waals surface area contributed by atoms with Crippen molar-refractivity contribution in [2.24, 2.45) is 0 Å². The summed E-state index contributed by atoms with van der Waals surface area (Å²) in [6, 6.07) is 0.548. The summed E-state index contributed by atoms with van der Waals surface area (Å²) < 4.78 is 25.7. The van der Waals surface area contributed by atoms with Gasteiger partial charge < -0.3 is 5.32 Å². The smallest absolute Gasteiger partial charge is 0.218 e. The first kappa shape index (κ1) is 13.7. The molecule has 0 aromatic rings. The third-order valence-electron chi connectivity index (χ3n) is 2.83. The van der Waals surface area contributed by atoms with Crippen molar-refractivity contribution >= 4 is 10.0 Å². The predicted octanol–water partition coefficient (Wildman–Crippen LogP) is 0.965. The lowest BCUT2D eigenvalue weighted by atomic mass is 10.4. The summed E-state index contributed by atoms with van der Waals surface area (Å²) in [7, 11) is -3.18. The first-order valence-electron chi connectivity index (χ1n) is 5.85. The normalized spacial score (nSPS) is 18.7. The molecule has 0 aliphatic heterocycles. The quantitative estimate of drug-likeness (QED) is 0.649. The van der Waals surface area contributed by atoms with Crippen LogP contribution in [0.2, 0.25) is 0 Å². The van der Waals surface area contributed by atoms with Crippen molar-refractivity contribution in [3.8, 4) is 0 Å². The van der Waals surface area contributed by atoms with Crippen LogP contribution in [0, 0.1) is 0 Å². The topological polar surface area (TPSA) is 49.4 Å². The Morgan fingerprint density at radius 3 is 2.62 bits per heavy atom. The summed E-state index contributed by atoms with van der Waals surface area (Å²) in [5, 5.41) is 2.88. The summed E-state index contributed by atoms with van der Waals surface area (Å²) in [4.78, 5) is 0. The molecule has 1 aliphatic carbocycles. The van der Waals surface area contributed by atoms with Crippen molar-refractivity contribution in [2.75, 3.05) is 19.6 Å². The van der Waals surface area contributed by atoms with Crippen molar-refractivity contribution in [3.63, 3.8) is 0 Å². The van der Waals surface area contributed by atoms with Crippen LogP contribution < -0.4 is 5.32 Å². The van der Waals surface area contributed by atoms with Crippen LogP contribution in [0.15, 0.2) is 12.7 Å². The lowest BCUT2D eigenvalue weighted by molar-refractivity contribution is 0.447. The highest BCUT2D eigenvalue weighted by Gasteiger charge is 2.29. The van der Waals surface area contributed by atoms with E-state index in [0.29, 0.717) is 25.7 Å². The maximum atomic E-state index is 12.1. The molecule has 0 bridgehead atoms. The largest absolute Gasteiger partial charge is 0.313 e. The van der Waals surface area contributed by atoms with E-state index >= 15 is 0 Å². The van der Waals surface area contributed by atoms with E-state index in [9.17, 15) is 8.42 Å². The van der Waals surface area contributed by atoms with Gasteiger partial charge in [0.25, 0.3) is 0 Å². The SMILES string of the molecule is C=CCN(CC)S(=O)(=O)C(C)CNC1CC1. The maximum absolute atomic E-state index is 12.1. The van der Waals surface area contributed by atoms with Crippen LogP contribution in [0.25, 0.3) is 0 Å². The summed E-state index contributed by atoms with van der Waals surface area (Å²) in [6.07, 6.45) is 3.98. The molecule has 1 fully saturated rings. The number of nitrogens with one attached hydrogen (secondary N) is 1. The molecular weight excluding hydrogens is 224 g/mol. The standard InChI is InChI=1S/C11H22N2O2S/c1-4-8-13(5-2)16(14,15)10(3)9-12-11-6-7-11/h4,10-12H,1,5-9H2,2-3H3. The zero-order valence-corrected chi connectivity index (χ0v) is 11.0. The molecule has 1 unspecified atom stereocenters. The average molecular weight is 246 g/mol. The molecule has 0 amide bonds. The highest BCUT2D eigenvalue weighted by molar-refractivity contribution is 7.89. The first-order chi connectivity index (χ1) is 7.52. The van der Waals surface area contributed by atoms with E-state index < -0.39 is 10.0 Å². The van der Waals surface area contributed by atoms with E-state index in [2.05, 4.69) is 11.9 Å². The van der Waals surface area contributed by atoms with Gasteiger partial charge in [-0.25, -0.2) is 8.42 Å². The minimum Gasteiger partial charge on any atom is -0.313 e. The molecule has 4 nitrogen and oxygen atoms in total. The van der Waals surface area contributed by atoms with E-state index in [4.69, 9.17) is 0 Å². The van der Waals surface area contributed by atoms with Crippen molar-refractivity contribution in [3.05, 3.63) is 12.7 Å². The fourth-order valence-electron chi connectivity index (χ4n) is 1.54. The Bertz CT molecular complexity index is 323. The Kier molecular flexibility index (Phi) is 4.95. The van der Waals surface area contributed by atoms with Crippen LogP contribution in [-0.2, 0) is 10.0 Å². The molecule has 1 N–H and O–H groups in total. The zero-order valence-electron chi connectivity index (χ0n) is 10.1. The summed E-state index contributed by atoms with van der Waals surface area (Å²) in [5.41, 5.74) is 0. The van der Waals surface area contributed by atoms with Crippen LogP contribution in [0.5, 0.6) is 0 Å². The molecule has 0 aromatic heterocycles. The molecule has 0 saturated heterocycles. The number of hydrogen-bond acceptors (Lipinski definition) is 3. The Labute approximate surface area is 98.8 Å². The van der Waals surface area contributed by atoms with Gasteiger partial charge in [-0.05, 0) is 19.8 Å². The third-order valence-corrected chi connectivity index (χ3v) is 5.14. The second-order valence-electron chi connectivity index (χ2n) is 4.28. The van der Waals surface area contributed by atoms with Gasteiger partial charge in [-0.3, -0.25) is 0 Å². The van der Waals surface area contributed by atoms with Crippen molar-refractivity contribution in [2.45, 2.75) is 38.0 Å². The Balaban J connectivity index is 2.53. The Morgan fingerprint density at radius 2 is 2.19 bits per heavy atom. The predicted molar refractivity (Wildman–Crippen MR) is 66.9 cm³/mol. The summed E-state index contributed by atoms with van der Waals surface area (Å²) in [6.45, 7) is 8.63. The molecule has 0 radical (unpaired) electrons. The molecule has 1 rings (SSSR count). The van der Waals surface area contributed by atoms with E-state index in [1.165, 1.54) is 17.1 Å². The van der Waals surface area contributed by atoms with Gasteiger partial charge in [0.05, 0.1) is 5.25 Å². The van der Waals surface area contributed by atoms with Crippen LogP contribution in [0.1, 0.15) is 26.7 Å². The van der Waals surface area contributed by atoms with Gasteiger partial charge in [-0.15, -0.1) is 6.58 Å². The molecule has 1 aliphatic rings. The molecular formula is C11H22N2O2S. The van der Waals surface area contributed by atoms with Gasteiger partial charge in [-0.1, -0.05) is 13.0 Å². The minimum atomic E-state index is -3.18. The lowest BCUT2D eigenvalue weighted by Gasteiger charge is -2.23. The van der Waals surface area contributed by atoms with Crippen molar-refractivity contribution in [1.82, 2.24) is 9.62 Å². The molecule has 1 atom stereocenters. The summed E-state index contributed by atoms with van der Waals surface area (Å²) >= 11 is 0. The van der Waals surface area contributed by atoms with E-state index in [-0.39, 0.29) is 5.25 Å². The number of likely N-dealkylation sites (N-methyl/N-ethyl adjacent to an activating group) is 1. The van der Waals surface area contributed by atoms with Crippen molar-refractivity contribution < 1.29 is 8.42 Å². The zero-order chi connectivity index (χ0) is 12.2. The highest BCUT2D eigenvalue weighted by atomic mass is 32.2. The number of hydrogen-bond donors (Lipinski definition) is 1. The fourth-order valence-corrected chi connectivity index (χ4v) is 3.03. The molecule has 16 heavy (non-hydrogen) atoms. The van der Waals surface area contributed by atoms with Crippen LogP contribution >= 0.6 is 0 Å². The number of nitrogens with zero attached hydrogens (tertiary/aromatic N) is 1. The van der Waals surface area contributed by atoms with Crippen LogP contribution in [0.3, 0.4) is 0 Å². The first-order valence-corrected chi connectivity index (χ1v) is 7.36. The van der Waals surface area contributed by atoms with Gasteiger partial charge >= 0.3 is 0 Å². The molecule has 1 saturated carbocycles. The Hall–Kier alpha value is -0.390. The third kappa shape index (κ3) is 3.57. The molecule has 0 heterocycles. The molecule has 94 valence electrons. The van der Waals surface area contributed by atoms with Gasteiger partial charge in [-0.2, -0.15) is 4.31 Å².